The van der Waals surface area contributed by atoms with E-state index in [0.29, 0.717) is 17.3 Å². The molecule has 0 fully saturated rings. The van der Waals surface area contributed by atoms with E-state index >= 15 is 0 Å². The predicted octanol–water partition coefficient (Wildman–Crippen LogP) is 2.89. The van der Waals surface area contributed by atoms with Crippen molar-refractivity contribution in [2.24, 2.45) is 0 Å². The molecule has 0 aliphatic carbocycles. The molecular weight excluding hydrogens is 272 g/mol. The summed E-state index contributed by atoms with van der Waals surface area (Å²) < 4.78 is 5.89. The highest BCUT2D eigenvalue weighted by molar-refractivity contribution is 7.71. The normalized spacial score (nSPS) is 13.9. The number of hydrogen-bond acceptors (Lipinski definition) is 5. The molecule has 0 radical (unpaired) electrons. The molecule has 0 bridgehead atoms. The zero-order valence-corrected chi connectivity index (χ0v) is 11.6. The molecular formula is C11H15ClN4OS. The van der Waals surface area contributed by atoms with Gasteiger partial charge in [0.15, 0.2) is 0 Å². The number of rotatable bonds is 6. The molecule has 7 heteroatoms. The van der Waals surface area contributed by atoms with Gasteiger partial charge >= 0.3 is 0 Å². The van der Waals surface area contributed by atoms with Gasteiger partial charge in [-0.2, -0.15) is 4.98 Å². The van der Waals surface area contributed by atoms with Gasteiger partial charge in [0.2, 0.25) is 10.7 Å². The number of aromatic nitrogens is 3. The van der Waals surface area contributed by atoms with E-state index in [0.717, 1.165) is 0 Å². The molecule has 0 aromatic carbocycles. The maximum absolute atomic E-state index is 5.86. The molecule has 2 unspecified atom stereocenters. The molecule has 0 saturated heterocycles. The van der Waals surface area contributed by atoms with E-state index < -0.39 is 0 Å². The summed E-state index contributed by atoms with van der Waals surface area (Å²) >= 11 is 10.7. The first-order valence-electron chi connectivity index (χ1n) is 5.28. The van der Waals surface area contributed by atoms with Crippen LogP contribution in [0.1, 0.15) is 25.3 Å². The first kappa shape index (κ1) is 14.8. The number of halogens is 1. The summed E-state index contributed by atoms with van der Waals surface area (Å²) in [6.07, 6.45) is 1.57. The van der Waals surface area contributed by atoms with Crippen LogP contribution in [0.2, 0.25) is 0 Å². The summed E-state index contributed by atoms with van der Waals surface area (Å²) in [5, 5.41) is 0.405. The third-order valence-corrected chi connectivity index (χ3v) is 2.60. The van der Waals surface area contributed by atoms with E-state index in [-0.39, 0.29) is 22.9 Å². The Bertz CT molecular complexity index is 502. The Kier molecular flexibility index (Phi) is 5.46. The van der Waals surface area contributed by atoms with Crippen molar-refractivity contribution in [1.82, 2.24) is 15.0 Å². The Labute approximate surface area is 116 Å². The zero-order chi connectivity index (χ0) is 13.7. The summed E-state index contributed by atoms with van der Waals surface area (Å²) in [6, 6.07) is 0. The van der Waals surface area contributed by atoms with E-state index in [1.54, 1.807) is 6.08 Å². The van der Waals surface area contributed by atoms with Gasteiger partial charge < -0.3 is 15.5 Å². The van der Waals surface area contributed by atoms with Crippen LogP contribution in [0.5, 0.6) is 0 Å². The SMILES string of the molecule is C=CCC(OC(C)c1nc(=S)nc(N)[nH]1)C(=C)Cl. The lowest BCUT2D eigenvalue weighted by Gasteiger charge is -2.20. The fourth-order valence-electron chi connectivity index (χ4n) is 1.33. The van der Waals surface area contributed by atoms with Gasteiger partial charge in [-0.15, -0.1) is 6.58 Å². The van der Waals surface area contributed by atoms with Crippen LogP contribution in [0.3, 0.4) is 0 Å². The van der Waals surface area contributed by atoms with Gasteiger partial charge in [0.25, 0.3) is 0 Å². The molecule has 18 heavy (non-hydrogen) atoms. The van der Waals surface area contributed by atoms with Crippen molar-refractivity contribution in [3.8, 4) is 0 Å². The number of nitrogen functional groups attached to an aromatic ring is 1. The minimum absolute atomic E-state index is 0.168. The van der Waals surface area contributed by atoms with Crippen LogP contribution >= 0.6 is 23.8 Å². The predicted molar refractivity (Wildman–Crippen MR) is 74.7 cm³/mol. The number of anilines is 1. The lowest BCUT2D eigenvalue weighted by molar-refractivity contribution is 0.0177. The summed E-state index contributed by atoms with van der Waals surface area (Å²) in [6.45, 7) is 9.11. The van der Waals surface area contributed by atoms with E-state index in [4.69, 9.17) is 34.3 Å². The average molecular weight is 287 g/mol. The first-order chi connectivity index (χ1) is 8.43. The number of ether oxygens (including phenoxy) is 1. The summed E-state index contributed by atoms with van der Waals surface area (Å²) in [4.78, 5) is 10.6. The minimum atomic E-state index is -0.363. The zero-order valence-electron chi connectivity index (χ0n) is 10.0. The molecule has 1 aromatic heterocycles. The maximum atomic E-state index is 5.86. The van der Waals surface area contributed by atoms with Crippen LogP contribution in [0, 0.1) is 4.77 Å². The highest BCUT2D eigenvalue weighted by Gasteiger charge is 2.17. The molecule has 2 atom stereocenters. The molecule has 1 aromatic rings. The lowest BCUT2D eigenvalue weighted by atomic mass is 10.2. The van der Waals surface area contributed by atoms with Crippen molar-refractivity contribution in [2.45, 2.75) is 25.6 Å². The second kappa shape index (κ2) is 6.63. The Morgan fingerprint density at radius 1 is 1.67 bits per heavy atom. The van der Waals surface area contributed by atoms with Crippen LogP contribution in [0.25, 0.3) is 0 Å². The summed E-state index contributed by atoms with van der Waals surface area (Å²) in [5.74, 6) is 0.699. The number of nitrogens with zero attached hydrogens (tertiary/aromatic N) is 2. The second-order valence-electron chi connectivity index (χ2n) is 3.64. The Morgan fingerprint density at radius 2 is 2.33 bits per heavy atom. The fraction of sp³-hybridized carbons (Fsp3) is 0.364. The molecule has 0 amide bonds. The standard InChI is InChI=1S/C11H15ClN4OS/c1-4-5-8(6(2)12)17-7(3)9-14-10(13)16-11(18)15-9/h4,7-8H,1-2,5H2,3H3,(H3,13,14,15,16,18). The largest absolute Gasteiger partial charge is 0.369 e. The number of nitrogens with two attached hydrogens (primary N) is 1. The molecule has 1 rings (SSSR count). The maximum Gasteiger partial charge on any atom is 0.224 e. The van der Waals surface area contributed by atoms with Crippen molar-refractivity contribution < 1.29 is 4.74 Å². The van der Waals surface area contributed by atoms with Crippen molar-refractivity contribution >= 4 is 29.8 Å². The van der Waals surface area contributed by atoms with Crippen LogP contribution in [-0.4, -0.2) is 21.1 Å². The minimum Gasteiger partial charge on any atom is -0.369 e. The van der Waals surface area contributed by atoms with Gasteiger partial charge in [-0.1, -0.05) is 24.3 Å². The molecule has 0 saturated carbocycles. The summed E-state index contributed by atoms with van der Waals surface area (Å²) in [5.41, 5.74) is 5.56. The molecule has 5 nitrogen and oxygen atoms in total. The van der Waals surface area contributed by atoms with Gasteiger partial charge in [-0.05, 0) is 25.6 Å². The Balaban J connectivity index is 2.86. The Morgan fingerprint density at radius 3 is 2.83 bits per heavy atom. The topological polar surface area (TPSA) is 76.8 Å². The van der Waals surface area contributed by atoms with Gasteiger partial charge in [-0.25, -0.2) is 4.98 Å². The van der Waals surface area contributed by atoms with Crippen molar-refractivity contribution in [3.63, 3.8) is 0 Å². The molecule has 0 aliphatic heterocycles. The first-order valence-corrected chi connectivity index (χ1v) is 6.07. The van der Waals surface area contributed by atoms with Gasteiger partial charge in [0, 0.05) is 5.03 Å². The third kappa shape index (κ3) is 4.21. The monoisotopic (exact) mass is 286 g/mol. The van der Waals surface area contributed by atoms with E-state index in [1.165, 1.54) is 0 Å². The third-order valence-electron chi connectivity index (χ3n) is 2.17. The van der Waals surface area contributed by atoms with E-state index in [2.05, 4.69) is 28.1 Å². The van der Waals surface area contributed by atoms with Crippen LogP contribution < -0.4 is 5.73 Å². The molecule has 98 valence electrons. The van der Waals surface area contributed by atoms with Gasteiger partial charge in [-0.3, -0.25) is 0 Å². The fourth-order valence-corrected chi connectivity index (χ4v) is 1.67. The van der Waals surface area contributed by atoms with Gasteiger partial charge in [0.05, 0.1) is 6.10 Å². The van der Waals surface area contributed by atoms with Crippen LogP contribution in [0.4, 0.5) is 5.95 Å². The highest BCUT2D eigenvalue weighted by Crippen LogP contribution is 2.22. The average Bonchev–Trinajstić information content (AvgIpc) is 2.26. The van der Waals surface area contributed by atoms with Crippen molar-refractivity contribution in [2.75, 3.05) is 5.73 Å². The quantitative estimate of drug-likeness (QED) is 0.621. The summed E-state index contributed by atoms with van der Waals surface area (Å²) in [7, 11) is 0. The smallest absolute Gasteiger partial charge is 0.224 e. The van der Waals surface area contributed by atoms with Crippen LogP contribution in [0.15, 0.2) is 24.3 Å². The number of aromatic amines is 1. The molecule has 0 spiro atoms. The van der Waals surface area contributed by atoms with Crippen LogP contribution in [-0.2, 0) is 4.74 Å². The van der Waals surface area contributed by atoms with Gasteiger partial charge in [0.1, 0.15) is 11.9 Å². The highest BCUT2D eigenvalue weighted by atomic mass is 35.5. The molecule has 1 heterocycles. The van der Waals surface area contributed by atoms with Crippen molar-refractivity contribution in [3.05, 3.63) is 34.9 Å². The van der Waals surface area contributed by atoms with E-state index in [9.17, 15) is 0 Å². The Hall–Kier alpha value is -1.24. The lowest BCUT2D eigenvalue weighted by Crippen LogP contribution is -2.17. The van der Waals surface area contributed by atoms with E-state index in [1.807, 2.05) is 6.92 Å². The molecule has 0 aliphatic rings. The number of hydrogen-bond donors (Lipinski definition) is 2. The number of nitrogens with one attached hydrogen (secondary N) is 1. The second-order valence-corrected chi connectivity index (χ2v) is 4.49. The molecule has 3 N–H and O–H groups in total. The van der Waals surface area contributed by atoms with Crippen molar-refractivity contribution in [1.29, 1.82) is 0 Å². The number of H-pyrrole nitrogens is 1.